The number of hydrogen-bond acceptors (Lipinski definition) is 4. The number of ether oxygens (including phenoxy) is 1. The first kappa shape index (κ1) is 17.0. The number of methoxy groups -OCH3 is 1. The number of nitrogens with two attached hydrogens (primary N) is 1. The monoisotopic (exact) mass is 368 g/mol. The SMILES string of the molecule is COc1ccc(C2=CC3(C=C2c2ccc(S(N)(=O)=O)nc2)CCC3)cc1. The Balaban J connectivity index is 1.75. The molecule has 0 bridgehead atoms. The molecule has 2 aromatic rings. The molecule has 26 heavy (non-hydrogen) atoms. The number of pyridine rings is 1. The van der Waals surface area contributed by atoms with E-state index in [4.69, 9.17) is 9.88 Å². The smallest absolute Gasteiger partial charge is 0.255 e. The minimum atomic E-state index is -3.79. The normalized spacial score (nSPS) is 18.2. The Kier molecular flexibility index (Phi) is 3.97. The molecule has 0 aliphatic heterocycles. The highest BCUT2D eigenvalue weighted by Gasteiger charge is 2.38. The number of benzene rings is 1. The van der Waals surface area contributed by atoms with Crippen LogP contribution in [0, 0.1) is 5.41 Å². The van der Waals surface area contributed by atoms with E-state index in [2.05, 4.69) is 17.1 Å². The van der Waals surface area contributed by atoms with E-state index in [0.29, 0.717) is 0 Å². The minimum absolute atomic E-state index is 0.114. The van der Waals surface area contributed by atoms with Gasteiger partial charge in [-0.2, -0.15) is 0 Å². The molecule has 134 valence electrons. The van der Waals surface area contributed by atoms with Gasteiger partial charge >= 0.3 is 0 Å². The van der Waals surface area contributed by atoms with Crippen molar-refractivity contribution in [1.82, 2.24) is 4.98 Å². The second kappa shape index (κ2) is 6.07. The third-order valence-electron chi connectivity index (χ3n) is 5.18. The molecule has 2 aliphatic rings. The zero-order valence-corrected chi connectivity index (χ0v) is 15.3. The Morgan fingerprint density at radius 1 is 1.00 bits per heavy atom. The predicted octanol–water partition coefficient (Wildman–Crippen LogP) is 3.39. The van der Waals surface area contributed by atoms with E-state index in [9.17, 15) is 8.42 Å². The van der Waals surface area contributed by atoms with Crippen LogP contribution in [0.4, 0.5) is 0 Å². The van der Waals surface area contributed by atoms with E-state index >= 15 is 0 Å². The van der Waals surface area contributed by atoms with Gasteiger partial charge < -0.3 is 4.74 Å². The van der Waals surface area contributed by atoms with Gasteiger partial charge in [0.1, 0.15) is 5.75 Å². The number of rotatable bonds is 4. The van der Waals surface area contributed by atoms with Crippen LogP contribution in [0.2, 0.25) is 0 Å². The van der Waals surface area contributed by atoms with E-state index in [-0.39, 0.29) is 10.4 Å². The first-order valence-corrected chi connectivity index (χ1v) is 10.0. The zero-order chi connectivity index (χ0) is 18.4. The van der Waals surface area contributed by atoms with Crippen molar-refractivity contribution in [1.29, 1.82) is 0 Å². The van der Waals surface area contributed by atoms with Crippen molar-refractivity contribution < 1.29 is 13.2 Å². The Morgan fingerprint density at radius 2 is 1.62 bits per heavy atom. The molecule has 1 fully saturated rings. The van der Waals surface area contributed by atoms with Crippen molar-refractivity contribution in [3.63, 3.8) is 0 Å². The second-order valence-corrected chi connectivity index (χ2v) is 8.37. The zero-order valence-electron chi connectivity index (χ0n) is 14.5. The number of allylic oxidation sites excluding steroid dienone is 4. The van der Waals surface area contributed by atoms with E-state index in [1.54, 1.807) is 19.4 Å². The molecule has 0 unspecified atom stereocenters. The maximum atomic E-state index is 11.4. The van der Waals surface area contributed by atoms with Crippen LogP contribution in [0.25, 0.3) is 11.1 Å². The standard InChI is InChI=1S/C20H20N2O3S/c1-25-16-6-3-14(4-7-16)17-11-20(9-2-10-20)12-18(17)15-5-8-19(22-13-15)26(21,23)24/h3-8,11-13H,2,9-10H2,1H3,(H2,21,23,24). The van der Waals surface area contributed by atoms with Gasteiger partial charge in [-0.05, 0) is 53.8 Å². The van der Waals surface area contributed by atoms with Gasteiger partial charge in [0.15, 0.2) is 5.03 Å². The summed E-state index contributed by atoms with van der Waals surface area (Å²) in [4.78, 5) is 4.04. The van der Waals surface area contributed by atoms with Crippen molar-refractivity contribution in [2.24, 2.45) is 10.6 Å². The van der Waals surface area contributed by atoms with Crippen molar-refractivity contribution in [2.75, 3.05) is 7.11 Å². The molecule has 0 saturated heterocycles. The van der Waals surface area contributed by atoms with Crippen LogP contribution in [0.5, 0.6) is 5.75 Å². The van der Waals surface area contributed by atoms with E-state index < -0.39 is 10.0 Å². The van der Waals surface area contributed by atoms with Gasteiger partial charge in [0, 0.05) is 17.2 Å². The fourth-order valence-corrected chi connectivity index (χ4v) is 4.06. The highest BCUT2D eigenvalue weighted by molar-refractivity contribution is 7.89. The molecule has 0 atom stereocenters. The summed E-state index contributed by atoms with van der Waals surface area (Å²) in [5, 5.41) is 5.03. The summed E-state index contributed by atoms with van der Waals surface area (Å²) >= 11 is 0. The van der Waals surface area contributed by atoms with Crippen LogP contribution in [0.3, 0.4) is 0 Å². The molecule has 1 heterocycles. The molecule has 2 N–H and O–H groups in total. The quantitative estimate of drug-likeness (QED) is 0.897. The third kappa shape index (κ3) is 2.95. The lowest BCUT2D eigenvalue weighted by atomic mass is 9.70. The molecule has 0 radical (unpaired) electrons. The Morgan fingerprint density at radius 3 is 2.08 bits per heavy atom. The van der Waals surface area contributed by atoms with Crippen molar-refractivity contribution >= 4 is 21.2 Å². The van der Waals surface area contributed by atoms with E-state index in [0.717, 1.165) is 40.9 Å². The van der Waals surface area contributed by atoms with Gasteiger partial charge in [0.2, 0.25) is 0 Å². The number of primary sulfonamides is 1. The highest BCUT2D eigenvalue weighted by Crippen LogP contribution is 2.53. The van der Waals surface area contributed by atoms with Crippen LogP contribution in [-0.4, -0.2) is 20.5 Å². The average Bonchev–Trinajstić information content (AvgIpc) is 3.03. The predicted molar refractivity (Wildman–Crippen MR) is 101 cm³/mol. The largest absolute Gasteiger partial charge is 0.497 e. The fourth-order valence-electron chi connectivity index (χ4n) is 3.60. The van der Waals surface area contributed by atoms with Gasteiger partial charge in [-0.25, -0.2) is 18.5 Å². The van der Waals surface area contributed by atoms with Gasteiger partial charge in [0.05, 0.1) is 7.11 Å². The average molecular weight is 368 g/mol. The van der Waals surface area contributed by atoms with Gasteiger partial charge in [-0.15, -0.1) is 0 Å². The van der Waals surface area contributed by atoms with Crippen LogP contribution in [0.15, 0.2) is 59.8 Å². The molecule has 0 amide bonds. The molecular weight excluding hydrogens is 348 g/mol. The van der Waals surface area contributed by atoms with Crippen LogP contribution >= 0.6 is 0 Å². The molecule has 1 spiro atoms. The number of nitrogens with zero attached hydrogens (tertiary/aromatic N) is 1. The maximum Gasteiger partial charge on any atom is 0.255 e. The van der Waals surface area contributed by atoms with Crippen molar-refractivity contribution in [3.05, 3.63) is 65.9 Å². The summed E-state index contributed by atoms with van der Waals surface area (Å²) in [6.45, 7) is 0. The fraction of sp³-hybridized carbons (Fsp3) is 0.250. The third-order valence-corrected chi connectivity index (χ3v) is 6.00. The summed E-state index contributed by atoms with van der Waals surface area (Å²) in [5.41, 5.74) is 4.35. The maximum absolute atomic E-state index is 11.4. The van der Waals surface area contributed by atoms with Crippen molar-refractivity contribution in [2.45, 2.75) is 24.3 Å². The molecule has 1 saturated carbocycles. The highest BCUT2D eigenvalue weighted by atomic mass is 32.2. The molecular formula is C20H20N2O3S. The van der Waals surface area contributed by atoms with Crippen LogP contribution in [-0.2, 0) is 10.0 Å². The minimum Gasteiger partial charge on any atom is -0.497 e. The first-order valence-electron chi connectivity index (χ1n) is 8.50. The molecule has 6 heteroatoms. The van der Waals surface area contributed by atoms with Crippen molar-refractivity contribution in [3.8, 4) is 5.75 Å². The molecule has 1 aromatic carbocycles. The summed E-state index contributed by atoms with van der Waals surface area (Å²) in [5.74, 6) is 0.815. The van der Waals surface area contributed by atoms with Gasteiger partial charge in [-0.3, -0.25) is 0 Å². The van der Waals surface area contributed by atoms with E-state index in [1.165, 1.54) is 12.5 Å². The Labute approximate surface area is 153 Å². The Hall–Kier alpha value is -2.44. The lowest BCUT2D eigenvalue weighted by molar-refractivity contribution is 0.282. The van der Waals surface area contributed by atoms with E-state index in [1.807, 2.05) is 24.3 Å². The molecule has 4 rings (SSSR count). The lowest BCUT2D eigenvalue weighted by Crippen LogP contribution is -2.22. The van der Waals surface area contributed by atoms with Gasteiger partial charge in [0.25, 0.3) is 10.0 Å². The van der Waals surface area contributed by atoms with Crippen LogP contribution in [0.1, 0.15) is 30.4 Å². The second-order valence-electron chi connectivity index (χ2n) is 6.86. The summed E-state index contributed by atoms with van der Waals surface area (Å²) in [6, 6.07) is 11.2. The molecule has 2 aliphatic carbocycles. The Bertz CT molecular complexity index is 1000. The summed E-state index contributed by atoms with van der Waals surface area (Å²) < 4.78 is 28.1. The molecule has 1 aromatic heterocycles. The topological polar surface area (TPSA) is 82.3 Å². The van der Waals surface area contributed by atoms with Gasteiger partial charge in [-0.1, -0.05) is 30.7 Å². The lowest BCUT2D eigenvalue weighted by Gasteiger charge is -2.34. The number of aromatic nitrogens is 1. The number of sulfonamides is 1. The van der Waals surface area contributed by atoms with Crippen LogP contribution < -0.4 is 9.88 Å². The molecule has 5 nitrogen and oxygen atoms in total. The summed E-state index contributed by atoms with van der Waals surface area (Å²) in [6.07, 6.45) is 9.71. The summed E-state index contributed by atoms with van der Waals surface area (Å²) in [7, 11) is -2.14. The first-order chi connectivity index (χ1) is 12.4. The number of hydrogen-bond donors (Lipinski definition) is 1.